The van der Waals surface area contributed by atoms with Crippen LogP contribution in [0.5, 0.6) is 0 Å². The Balaban J connectivity index is 0.00000242. The van der Waals surface area contributed by atoms with Gasteiger partial charge in [-0.2, -0.15) is 0 Å². The van der Waals surface area contributed by atoms with Crippen molar-refractivity contribution in [2.75, 3.05) is 25.0 Å². The highest BCUT2D eigenvalue weighted by molar-refractivity contribution is 9.10. The van der Waals surface area contributed by atoms with Gasteiger partial charge in [-0.1, -0.05) is 0 Å². The van der Waals surface area contributed by atoms with Crippen molar-refractivity contribution < 1.29 is 4.79 Å². The number of nitrogens with one attached hydrogen (secondary N) is 1. The van der Waals surface area contributed by atoms with Gasteiger partial charge in [-0.25, -0.2) is 4.98 Å². The molecule has 0 radical (unpaired) electrons. The standard InChI is InChI=1S/C15H23BrN4O.ClH/c1-15(2,17)10-20-7-5-11(6-8-20)14(21)19-13-4-3-12(16)9-18-13;/h3-4,9,11H,5-8,10,17H2,1-2H3,(H,18,19,21);1H. The first kappa shape index (κ1) is 19.4. The normalized spacial score (nSPS) is 16.9. The molecule has 1 fully saturated rings. The van der Waals surface area contributed by atoms with Crippen molar-refractivity contribution in [1.29, 1.82) is 0 Å². The molecule has 5 nitrogen and oxygen atoms in total. The van der Waals surface area contributed by atoms with Crippen LogP contribution >= 0.6 is 28.3 Å². The first-order valence-corrected chi connectivity index (χ1v) is 8.06. The van der Waals surface area contributed by atoms with Gasteiger partial charge >= 0.3 is 0 Å². The number of hydrogen-bond donors (Lipinski definition) is 2. The van der Waals surface area contributed by atoms with Crippen LogP contribution in [-0.4, -0.2) is 41.0 Å². The molecule has 0 atom stereocenters. The van der Waals surface area contributed by atoms with Gasteiger partial charge in [0.1, 0.15) is 5.82 Å². The van der Waals surface area contributed by atoms with Gasteiger partial charge in [0.25, 0.3) is 0 Å². The second kappa shape index (κ2) is 8.24. The fourth-order valence-corrected chi connectivity index (χ4v) is 2.84. The number of nitrogens with zero attached hydrogens (tertiary/aromatic N) is 2. The van der Waals surface area contributed by atoms with E-state index < -0.39 is 0 Å². The second-order valence-electron chi connectivity index (χ2n) is 6.39. The summed E-state index contributed by atoms with van der Waals surface area (Å²) in [6, 6.07) is 3.67. The van der Waals surface area contributed by atoms with Crippen LogP contribution in [-0.2, 0) is 4.79 Å². The largest absolute Gasteiger partial charge is 0.324 e. The van der Waals surface area contributed by atoms with E-state index in [9.17, 15) is 4.79 Å². The number of likely N-dealkylation sites (tertiary alicyclic amines) is 1. The van der Waals surface area contributed by atoms with Crippen molar-refractivity contribution in [2.45, 2.75) is 32.2 Å². The first-order valence-electron chi connectivity index (χ1n) is 7.27. The van der Waals surface area contributed by atoms with Crippen LogP contribution < -0.4 is 11.1 Å². The Morgan fingerprint density at radius 2 is 2.09 bits per heavy atom. The average molecular weight is 392 g/mol. The summed E-state index contributed by atoms with van der Waals surface area (Å²) in [5.74, 6) is 0.734. The average Bonchev–Trinajstić information content (AvgIpc) is 2.40. The van der Waals surface area contributed by atoms with Crippen molar-refractivity contribution in [1.82, 2.24) is 9.88 Å². The SMILES string of the molecule is CC(C)(N)CN1CCC(C(=O)Nc2ccc(Br)cn2)CC1.Cl. The molecule has 0 bridgehead atoms. The van der Waals surface area contributed by atoms with Gasteiger partial charge in [-0.3, -0.25) is 4.79 Å². The molecule has 22 heavy (non-hydrogen) atoms. The van der Waals surface area contributed by atoms with Gasteiger partial charge < -0.3 is 16.0 Å². The molecule has 3 N–H and O–H groups in total. The van der Waals surface area contributed by atoms with Gasteiger partial charge in [-0.15, -0.1) is 12.4 Å². The lowest BCUT2D eigenvalue weighted by Gasteiger charge is -2.35. The third-order valence-corrected chi connectivity index (χ3v) is 4.04. The zero-order chi connectivity index (χ0) is 15.5. The molecule has 1 aliphatic rings. The van der Waals surface area contributed by atoms with Crippen LogP contribution in [0.3, 0.4) is 0 Å². The summed E-state index contributed by atoms with van der Waals surface area (Å²) in [6.45, 7) is 6.78. The maximum atomic E-state index is 12.2. The number of halogens is 2. The predicted octanol–water partition coefficient (Wildman–Crippen LogP) is 2.65. The number of carbonyl (C=O) groups excluding carboxylic acids is 1. The molecule has 0 spiro atoms. The maximum Gasteiger partial charge on any atom is 0.228 e. The number of rotatable bonds is 4. The minimum Gasteiger partial charge on any atom is -0.324 e. The number of anilines is 1. The number of piperidine rings is 1. The quantitative estimate of drug-likeness (QED) is 0.828. The van der Waals surface area contributed by atoms with Crippen molar-refractivity contribution in [3.8, 4) is 0 Å². The number of amides is 1. The topological polar surface area (TPSA) is 71.2 Å². The Hall–Kier alpha value is -0.690. The molecule has 1 aliphatic heterocycles. The molecular weight excluding hydrogens is 368 g/mol. The van der Waals surface area contributed by atoms with E-state index in [2.05, 4.69) is 31.1 Å². The molecule has 0 aromatic carbocycles. The molecular formula is C15H24BrClN4O. The molecule has 7 heteroatoms. The summed E-state index contributed by atoms with van der Waals surface area (Å²) >= 11 is 3.33. The predicted molar refractivity (Wildman–Crippen MR) is 95.2 cm³/mol. The van der Waals surface area contributed by atoms with Crippen molar-refractivity contribution >= 4 is 40.1 Å². The third kappa shape index (κ3) is 6.20. The molecule has 0 saturated carbocycles. The fourth-order valence-electron chi connectivity index (χ4n) is 2.61. The van der Waals surface area contributed by atoms with Gasteiger partial charge in [0, 0.05) is 28.7 Å². The number of carbonyl (C=O) groups is 1. The summed E-state index contributed by atoms with van der Waals surface area (Å²) in [7, 11) is 0. The summed E-state index contributed by atoms with van der Waals surface area (Å²) in [4.78, 5) is 18.7. The molecule has 1 aromatic heterocycles. The molecule has 124 valence electrons. The van der Waals surface area contributed by atoms with E-state index in [4.69, 9.17) is 5.73 Å². The lowest BCUT2D eigenvalue weighted by molar-refractivity contribution is -0.121. The molecule has 1 amide bonds. The fraction of sp³-hybridized carbons (Fsp3) is 0.600. The number of pyridine rings is 1. The van der Waals surface area contributed by atoms with Crippen LogP contribution in [0.2, 0.25) is 0 Å². The van der Waals surface area contributed by atoms with Crippen LogP contribution in [0.15, 0.2) is 22.8 Å². The van der Waals surface area contributed by atoms with Crippen LogP contribution in [0.25, 0.3) is 0 Å². The summed E-state index contributed by atoms with van der Waals surface area (Å²) in [5, 5.41) is 2.89. The molecule has 2 rings (SSSR count). The van der Waals surface area contributed by atoms with Crippen LogP contribution in [0.4, 0.5) is 5.82 Å². The Morgan fingerprint density at radius 1 is 1.45 bits per heavy atom. The highest BCUT2D eigenvalue weighted by atomic mass is 79.9. The van der Waals surface area contributed by atoms with E-state index in [1.54, 1.807) is 12.3 Å². The van der Waals surface area contributed by atoms with Gasteiger partial charge in [0.05, 0.1) is 0 Å². The Labute approximate surface area is 146 Å². The zero-order valence-electron chi connectivity index (χ0n) is 13.0. The van der Waals surface area contributed by atoms with E-state index in [0.717, 1.165) is 36.9 Å². The van der Waals surface area contributed by atoms with E-state index >= 15 is 0 Å². The molecule has 0 aliphatic carbocycles. The third-order valence-electron chi connectivity index (χ3n) is 3.57. The maximum absolute atomic E-state index is 12.2. The number of hydrogen-bond acceptors (Lipinski definition) is 4. The highest BCUT2D eigenvalue weighted by Gasteiger charge is 2.27. The van der Waals surface area contributed by atoms with E-state index in [-0.39, 0.29) is 29.8 Å². The van der Waals surface area contributed by atoms with Crippen molar-refractivity contribution in [3.63, 3.8) is 0 Å². The monoisotopic (exact) mass is 390 g/mol. The molecule has 2 heterocycles. The van der Waals surface area contributed by atoms with Crippen LogP contribution in [0.1, 0.15) is 26.7 Å². The molecule has 1 saturated heterocycles. The summed E-state index contributed by atoms with van der Waals surface area (Å²) < 4.78 is 0.901. The number of nitrogens with two attached hydrogens (primary N) is 1. The number of aromatic nitrogens is 1. The van der Waals surface area contributed by atoms with E-state index in [1.807, 2.05) is 19.9 Å². The lowest BCUT2D eigenvalue weighted by Crippen LogP contribution is -2.48. The summed E-state index contributed by atoms with van der Waals surface area (Å²) in [5.41, 5.74) is 5.86. The Morgan fingerprint density at radius 3 is 2.59 bits per heavy atom. The minimum absolute atomic E-state index is 0. The van der Waals surface area contributed by atoms with Crippen LogP contribution in [0, 0.1) is 5.92 Å². The van der Waals surface area contributed by atoms with E-state index in [0.29, 0.717) is 5.82 Å². The molecule has 0 unspecified atom stereocenters. The molecule has 1 aromatic rings. The zero-order valence-corrected chi connectivity index (χ0v) is 15.4. The lowest BCUT2D eigenvalue weighted by atomic mass is 9.94. The summed E-state index contributed by atoms with van der Waals surface area (Å²) in [6.07, 6.45) is 3.43. The first-order chi connectivity index (χ1) is 9.83. The highest BCUT2D eigenvalue weighted by Crippen LogP contribution is 2.20. The Kier molecular flexibility index (Phi) is 7.25. The van der Waals surface area contributed by atoms with Crippen molar-refractivity contribution in [2.24, 2.45) is 11.7 Å². The Bertz CT molecular complexity index is 481. The second-order valence-corrected chi connectivity index (χ2v) is 7.31. The van der Waals surface area contributed by atoms with Gasteiger partial charge in [-0.05, 0) is 67.8 Å². The van der Waals surface area contributed by atoms with Crippen molar-refractivity contribution in [3.05, 3.63) is 22.8 Å². The minimum atomic E-state index is -0.184. The van der Waals surface area contributed by atoms with Gasteiger partial charge in [0.2, 0.25) is 5.91 Å². The van der Waals surface area contributed by atoms with E-state index in [1.165, 1.54) is 0 Å². The van der Waals surface area contributed by atoms with Gasteiger partial charge in [0.15, 0.2) is 0 Å². The smallest absolute Gasteiger partial charge is 0.228 e.